The number of aromatic nitrogens is 1. The van der Waals surface area contributed by atoms with Gasteiger partial charge in [-0.1, -0.05) is 78.9 Å². The molecule has 1 aromatic heterocycles. The summed E-state index contributed by atoms with van der Waals surface area (Å²) < 4.78 is 0. The lowest BCUT2D eigenvalue weighted by atomic mass is 10.0. The smallest absolute Gasteiger partial charge is 0.0956 e. The van der Waals surface area contributed by atoms with Crippen LogP contribution in [0.3, 0.4) is 0 Å². The van der Waals surface area contributed by atoms with Gasteiger partial charge >= 0.3 is 0 Å². The Morgan fingerprint density at radius 1 is 0.577 bits per heavy atom. The number of H-pyrrole nitrogens is 1. The van der Waals surface area contributed by atoms with Crippen LogP contribution in [0.15, 0.2) is 97.1 Å². The lowest BCUT2D eigenvalue weighted by Gasteiger charge is -2.12. The van der Waals surface area contributed by atoms with Crippen LogP contribution in [0.25, 0.3) is 32.9 Å². The molecule has 0 aliphatic heterocycles. The van der Waals surface area contributed by atoms with Crippen LogP contribution in [0.5, 0.6) is 0 Å². The predicted molar refractivity (Wildman–Crippen MR) is 109 cm³/mol. The number of nitrogens with one attached hydrogen (secondary N) is 1. The minimum Gasteiger partial charge on any atom is -0.353 e. The first-order valence-corrected chi connectivity index (χ1v) is 8.76. The molecule has 1 radical (unpaired) electrons. The Balaban J connectivity index is 1.81. The van der Waals surface area contributed by atoms with Crippen LogP contribution < -0.4 is 5.32 Å². The van der Waals surface area contributed by atoms with Gasteiger partial charge in [0.25, 0.3) is 0 Å². The number of nitrogens with zero attached hydrogens (tertiary/aromatic N) is 1. The minimum atomic E-state index is 0.954. The van der Waals surface area contributed by atoms with Crippen molar-refractivity contribution in [2.45, 2.75) is 0 Å². The Morgan fingerprint density at radius 2 is 1.27 bits per heavy atom. The highest BCUT2D eigenvalue weighted by Crippen LogP contribution is 2.39. The van der Waals surface area contributed by atoms with E-state index in [9.17, 15) is 0 Å². The van der Waals surface area contributed by atoms with Crippen molar-refractivity contribution in [2.75, 3.05) is 0 Å². The number of aromatic amines is 1. The molecule has 4 aromatic carbocycles. The molecular formula is C24H17N2. The topological polar surface area (TPSA) is 29.9 Å². The predicted octanol–water partition coefficient (Wildman–Crippen LogP) is 6.56. The summed E-state index contributed by atoms with van der Waals surface area (Å²) in [6.45, 7) is 0. The zero-order valence-corrected chi connectivity index (χ0v) is 14.2. The highest BCUT2D eigenvalue weighted by atomic mass is 14.9. The van der Waals surface area contributed by atoms with Crippen LogP contribution >= 0.6 is 0 Å². The third-order valence-electron chi connectivity index (χ3n) is 4.74. The fraction of sp³-hybridized carbons (Fsp3) is 0. The van der Waals surface area contributed by atoms with Crippen molar-refractivity contribution in [1.29, 1.82) is 0 Å². The van der Waals surface area contributed by atoms with Gasteiger partial charge in [0.1, 0.15) is 0 Å². The van der Waals surface area contributed by atoms with Gasteiger partial charge in [-0.15, -0.1) is 0 Å². The Hall–Kier alpha value is -3.52. The zero-order valence-electron chi connectivity index (χ0n) is 14.2. The van der Waals surface area contributed by atoms with E-state index in [4.69, 9.17) is 5.32 Å². The average Bonchev–Trinajstić information content (AvgIpc) is 3.09. The average molecular weight is 333 g/mol. The van der Waals surface area contributed by atoms with Crippen molar-refractivity contribution in [2.24, 2.45) is 0 Å². The van der Waals surface area contributed by atoms with Crippen molar-refractivity contribution in [3.05, 3.63) is 97.1 Å². The number of fused-ring (bicyclic) bond motifs is 3. The maximum Gasteiger partial charge on any atom is 0.0956 e. The Labute approximate surface area is 152 Å². The second kappa shape index (κ2) is 6.08. The largest absolute Gasteiger partial charge is 0.353 e. The van der Waals surface area contributed by atoms with E-state index in [2.05, 4.69) is 65.6 Å². The molecule has 0 aliphatic carbocycles. The standard InChI is InChI=1S/C24H17N2/c1-3-9-17(10-4-1)19-15-16-21-20-13-7-8-14-22(20)26-24(21)23(19)25-18-11-5-2-6-12-18/h1-16,26H. The molecule has 0 atom stereocenters. The number of hydrogen-bond donors (Lipinski definition) is 1. The molecule has 0 bridgehead atoms. The van der Waals surface area contributed by atoms with E-state index >= 15 is 0 Å². The molecule has 0 aliphatic rings. The quantitative estimate of drug-likeness (QED) is 0.388. The molecule has 0 saturated heterocycles. The highest BCUT2D eigenvalue weighted by Gasteiger charge is 2.15. The van der Waals surface area contributed by atoms with Crippen molar-refractivity contribution < 1.29 is 0 Å². The molecule has 0 saturated carbocycles. The Morgan fingerprint density at radius 3 is 2.08 bits per heavy atom. The highest BCUT2D eigenvalue weighted by molar-refractivity contribution is 6.13. The molecule has 5 rings (SSSR count). The first-order chi connectivity index (χ1) is 12.9. The summed E-state index contributed by atoms with van der Waals surface area (Å²) in [7, 11) is 0. The van der Waals surface area contributed by atoms with Gasteiger partial charge in [0.05, 0.1) is 16.9 Å². The summed E-state index contributed by atoms with van der Waals surface area (Å²) in [6.07, 6.45) is 0. The molecule has 0 spiro atoms. The monoisotopic (exact) mass is 333 g/mol. The summed E-state index contributed by atoms with van der Waals surface area (Å²) in [5, 5.41) is 7.44. The van der Waals surface area contributed by atoms with Crippen LogP contribution in [0.1, 0.15) is 0 Å². The molecule has 0 fully saturated rings. The SMILES string of the molecule is c1ccc([N]c2c(-c3ccccc3)ccc3c2[nH]c2ccccc23)cc1. The first-order valence-electron chi connectivity index (χ1n) is 8.76. The lowest BCUT2D eigenvalue weighted by molar-refractivity contribution is 1.20. The summed E-state index contributed by atoms with van der Waals surface area (Å²) >= 11 is 0. The second-order valence-corrected chi connectivity index (χ2v) is 6.37. The van der Waals surface area contributed by atoms with Crippen LogP contribution in [-0.2, 0) is 0 Å². The number of hydrogen-bond acceptors (Lipinski definition) is 0. The summed E-state index contributed by atoms with van der Waals surface area (Å²) in [5.41, 5.74) is 6.46. The molecule has 2 heteroatoms. The van der Waals surface area contributed by atoms with E-state index in [1.807, 2.05) is 36.4 Å². The van der Waals surface area contributed by atoms with Crippen molar-refractivity contribution in [1.82, 2.24) is 10.3 Å². The van der Waals surface area contributed by atoms with Crippen molar-refractivity contribution in [3.63, 3.8) is 0 Å². The van der Waals surface area contributed by atoms with Gasteiger partial charge < -0.3 is 4.98 Å². The van der Waals surface area contributed by atoms with Crippen LogP contribution in [0.2, 0.25) is 0 Å². The molecule has 0 unspecified atom stereocenters. The van der Waals surface area contributed by atoms with E-state index in [-0.39, 0.29) is 0 Å². The molecule has 26 heavy (non-hydrogen) atoms. The van der Waals surface area contributed by atoms with E-state index in [1.165, 1.54) is 16.3 Å². The molecule has 5 aromatic rings. The maximum absolute atomic E-state index is 5.01. The van der Waals surface area contributed by atoms with E-state index in [0.29, 0.717) is 0 Å². The fourth-order valence-electron chi connectivity index (χ4n) is 3.50. The summed E-state index contributed by atoms with van der Waals surface area (Å²) in [6, 6.07) is 33.4. The van der Waals surface area contributed by atoms with Gasteiger partial charge in [0, 0.05) is 21.9 Å². The van der Waals surface area contributed by atoms with E-state index in [0.717, 1.165) is 28.0 Å². The van der Waals surface area contributed by atoms with Gasteiger partial charge in [-0.05, 0) is 23.8 Å². The minimum absolute atomic E-state index is 0.954. The van der Waals surface area contributed by atoms with Crippen molar-refractivity contribution >= 4 is 33.2 Å². The first kappa shape index (κ1) is 14.8. The molecule has 0 amide bonds. The molecule has 2 nitrogen and oxygen atoms in total. The van der Waals surface area contributed by atoms with Gasteiger partial charge in [-0.2, -0.15) is 0 Å². The fourth-order valence-corrected chi connectivity index (χ4v) is 3.50. The Kier molecular flexibility index (Phi) is 3.46. The molecule has 123 valence electrons. The molecular weight excluding hydrogens is 316 g/mol. The number of para-hydroxylation sites is 2. The van der Waals surface area contributed by atoms with Crippen molar-refractivity contribution in [3.8, 4) is 11.1 Å². The van der Waals surface area contributed by atoms with Crippen LogP contribution in [0.4, 0.5) is 11.4 Å². The third kappa shape index (κ3) is 2.44. The van der Waals surface area contributed by atoms with Gasteiger partial charge in [0.2, 0.25) is 0 Å². The molecule has 1 N–H and O–H groups in total. The Bertz CT molecular complexity index is 1190. The molecule has 1 heterocycles. The lowest BCUT2D eigenvalue weighted by Crippen LogP contribution is -1.93. The summed E-state index contributed by atoms with van der Waals surface area (Å²) in [4.78, 5) is 3.58. The van der Waals surface area contributed by atoms with Crippen LogP contribution in [-0.4, -0.2) is 4.98 Å². The normalized spacial score (nSPS) is 11.1. The van der Waals surface area contributed by atoms with Gasteiger partial charge in [-0.3, -0.25) is 0 Å². The zero-order chi connectivity index (χ0) is 17.3. The summed E-state index contributed by atoms with van der Waals surface area (Å²) in [5.74, 6) is 0. The number of rotatable bonds is 3. The number of benzene rings is 4. The van der Waals surface area contributed by atoms with E-state index in [1.54, 1.807) is 0 Å². The maximum atomic E-state index is 5.01. The third-order valence-corrected chi connectivity index (χ3v) is 4.74. The van der Waals surface area contributed by atoms with E-state index < -0.39 is 0 Å². The second-order valence-electron chi connectivity index (χ2n) is 6.37. The van der Waals surface area contributed by atoms with Gasteiger partial charge in [-0.25, -0.2) is 5.32 Å². The van der Waals surface area contributed by atoms with Crippen LogP contribution in [0, 0.1) is 0 Å². The van der Waals surface area contributed by atoms with Gasteiger partial charge in [0.15, 0.2) is 0 Å².